The molecule has 0 aliphatic heterocycles. The Morgan fingerprint density at radius 2 is 1.68 bits per heavy atom. The molecule has 0 unspecified atom stereocenters. The predicted octanol–water partition coefficient (Wildman–Crippen LogP) is 6.24. The van der Waals surface area contributed by atoms with Gasteiger partial charge in [-0.2, -0.15) is 0 Å². The summed E-state index contributed by atoms with van der Waals surface area (Å²) in [5.74, 6) is 0.0727. The molecular formula is C27H25NO3. The Hall–Kier alpha value is -3.53. The molecule has 1 amide bonds. The SMILES string of the molecule is C[C@@H](Cc1ccc2occc2c1)N(C)C(=O)OCC1c2ccccc2-c2ccccc21. The normalized spacial score (nSPS) is 13.6. The average Bonchev–Trinajstić information content (AvgIpc) is 3.39. The Bertz CT molecular complexity index is 1200. The van der Waals surface area contributed by atoms with E-state index in [0.717, 1.165) is 17.4 Å². The third kappa shape index (κ3) is 3.59. The van der Waals surface area contributed by atoms with Crippen LogP contribution in [0.4, 0.5) is 4.79 Å². The van der Waals surface area contributed by atoms with Gasteiger partial charge in [0.2, 0.25) is 0 Å². The van der Waals surface area contributed by atoms with E-state index in [2.05, 4.69) is 42.5 Å². The minimum atomic E-state index is -0.293. The van der Waals surface area contributed by atoms with Crippen LogP contribution in [0.5, 0.6) is 0 Å². The third-order valence-corrected chi connectivity index (χ3v) is 6.33. The number of benzene rings is 3. The highest BCUT2D eigenvalue weighted by atomic mass is 16.6. The molecule has 0 radical (unpaired) electrons. The zero-order valence-electron chi connectivity index (χ0n) is 17.7. The molecule has 156 valence electrons. The van der Waals surface area contributed by atoms with Crippen molar-refractivity contribution in [1.82, 2.24) is 4.90 Å². The molecule has 1 aromatic heterocycles. The van der Waals surface area contributed by atoms with Crippen LogP contribution < -0.4 is 0 Å². The van der Waals surface area contributed by atoms with Gasteiger partial charge in [0.05, 0.1) is 6.26 Å². The van der Waals surface area contributed by atoms with Crippen LogP contribution in [0.25, 0.3) is 22.1 Å². The quantitative estimate of drug-likeness (QED) is 0.390. The summed E-state index contributed by atoms with van der Waals surface area (Å²) in [5, 5.41) is 1.08. The van der Waals surface area contributed by atoms with E-state index in [0.29, 0.717) is 6.61 Å². The summed E-state index contributed by atoms with van der Waals surface area (Å²) >= 11 is 0. The van der Waals surface area contributed by atoms with Crippen molar-refractivity contribution in [2.45, 2.75) is 25.3 Å². The van der Waals surface area contributed by atoms with Crippen LogP contribution >= 0.6 is 0 Å². The maximum absolute atomic E-state index is 12.8. The number of hydrogen-bond acceptors (Lipinski definition) is 3. The number of furan rings is 1. The highest BCUT2D eigenvalue weighted by Gasteiger charge is 2.29. The van der Waals surface area contributed by atoms with Crippen molar-refractivity contribution in [2.75, 3.05) is 13.7 Å². The van der Waals surface area contributed by atoms with E-state index >= 15 is 0 Å². The van der Waals surface area contributed by atoms with E-state index in [1.165, 1.54) is 27.8 Å². The molecule has 3 aromatic carbocycles. The lowest BCUT2D eigenvalue weighted by Crippen LogP contribution is -2.37. The van der Waals surface area contributed by atoms with Gasteiger partial charge in [-0.05, 0) is 59.4 Å². The molecule has 5 rings (SSSR count). The second kappa shape index (κ2) is 7.95. The van der Waals surface area contributed by atoms with E-state index in [1.807, 2.05) is 37.3 Å². The minimum absolute atomic E-state index is 0.0139. The molecular weight excluding hydrogens is 386 g/mol. The van der Waals surface area contributed by atoms with Gasteiger partial charge in [-0.1, -0.05) is 54.6 Å². The lowest BCUT2D eigenvalue weighted by Gasteiger charge is -2.25. The molecule has 1 aliphatic carbocycles. The molecule has 0 saturated carbocycles. The van der Waals surface area contributed by atoms with Crippen LogP contribution in [0.1, 0.15) is 29.5 Å². The second-order valence-electron chi connectivity index (χ2n) is 8.26. The zero-order chi connectivity index (χ0) is 21.4. The van der Waals surface area contributed by atoms with Gasteiger partial charge in [0.15, 0.2) is 0 Å². The summed E-state index contributed by atoms with van der Waals surface area (Å²) in [4.78, 5) is 14.5. The van der Waals surface area contributed by atoms with Crippen molar-refractivity contribution in [2.24, 2.45) is 0 Å². The molecule has 0 bridgehead atoms. The maximum Gasteiger partial charge on any atom is 0.409 e. The summed E-state index contributed by atoms with van der Waals surface area (Å²) in [7, 11) is 1.81. The number of fused-ring (bicyclic) bond motifs is 4. The number of nitrogens with zero attached hydrogens (tertiary/aromatic N) is 1. The number of hydrogen-bond donors (Lipinski definition) is 0. The predicted molar refractivity (Wildman–Crippen MR) is 122 cm³/mol. The summed E-state index contributed by atoms with van der Waals surface area (Å²) in [5.41, 5.74) is 6.95. The van der Waals surface area contributed by atoms with Gasteiger partial charge < -0.3 is 14.1 Å². The van der Waals surface area contributed by atoms with Crippen molar-refractivity contribution in [3.63, 3.8) is 0 Å². The van der Waals surface area contributed by atoms with Crippen molar-refractivity contribution in [1.29, 1.82) is 0 Å². The van der Waals surface area contributed by atoms with E-state index < -0.39 is 0 Å². The number of rotatable bonds is 5. The Balaban J connectivity index is 1.26. The fourth-order valence-corrected chi connectivity index (χ4v) is 4.50. The van der Waals surface area contributed by atoms with Crippen LogP contribution in [0.15, 0.2) is 83.5 Å². The Kier molecular flexibility index (Phi) is 4.99. The van der Waals surface area contributed by atoms with Gasteiger partial charge in [0.1, 0.15) is 12.2 Å². The summed E-state index contributed by atoms with van der Waals surface area (Å²) in [6.45, 7) is 2.38. The van der Waals surface area contributed by atoms with E-state index in [4.69, 9.17) is 9.15 Å². The maximum atomic E-state index is 12.8. The van der Waals surface area contributed by atoms with Crippen LogP contribution in [-0.2, 0) is 11.2 Å². The molecule has 0 fully saturated rings. The van der Waals surface area contributed by atoms with Gasteiger partial charge in [-0.25, -0.2) is 4.79 Å². The van der Waals surface area contributed by atoms with Gasteiger partial charge >= 0.3 is 6.09 Å². The second-order valence-corrected chi connectivity index (χ2v) is 8.26. The van der Waals surface area contributed by atoms with Crippen molar-refractivity contribution >= 4 is 17.1 Å². The molecule has 1 heterocycles. The number of carbonyl (C=O) groups excluding carboxylic acids is 1. The van der Waals surface area contributed by atoms with Crippen LogP contribution in [0.3, 0.4) is 0 Å². The molecule has 1 atom stereocenters. The van der Waals surface area contributed by atoms with Gasteiger partial charge in [-0.3, -0.25) is 0 Å². The van der Waals surface area contributed by atoms with Crippen LogP contribution in [0.2, 0.25) is 0 Å². The van der Waals surface area contributed by atoms with Gasteiger partial charge in [0, 0.05) is 24.4 Å². The summed E-state index contributed by atoms with van der Waals surface area (Å²) in [6, 6.07) is 24.9. The average molecular weight is 412 g/mol. The molecule has 31 heavy (non-hydrogen) atoms. The topological polar surface area (TPSA) is 42.7 Å². The zero-order valence-corrected chi connectivity index (χ0v) is 17.7. The van der Waals surface area contributed by atoms with E-state index in [9.17, 15) is 4.79 Å². The van der Waals surface area contributed by atoms with Crippen molar-refractivity contribution < 1.29 is 13.9 Å². The highest BCUT2D eigenvalue weighted by Crippen LogP contribution is 2.44. The Labute approximate surface area is 182 Å². The fraction of sp³-hybridized carbons (Fsp3) is 0.222. The van der Waals surface area contributed by atoms with Crippen LogP contribution in [-0.4, -0.2) is 30.7 Å². The highest BCUT2D eigenvalue weighted by molar-refractivity contribution is 5.79. The number of amides is 1. The molecule has 4 heteroatoms. The van der Waals surface area contributed by atoms with E-state index in [1.54, 1.807) is 18.2 Å². The smallest absolute Gasteiger partial charge is 0.409 e. The van der Waals surface area contributed by atoms with Gasteiger partial charge in [0.25, 0.3) is 0 Å². The lowest BCUT2D eigenvalue weighted by molar-refractivity contribution is 0.0970. The summed E-state index contributed by atoms with van der Waals surface area (Å²) in [6.07, 6.45) is 2.15. The van der Waals surface area contributed by atoms with Crippen LogP contribution in [0, 0.1) is 0 Å². The Morgan fingerprint density at radius 1 is 1.00 bits per heavy atom. The molecule has 4 nitrogen and oxygen atoms in total. The largest absolute Gasteiger partial charge is 0.464 e. The first-order valence-corrected chi connectivity index (χ1v) is 10.7. The third-order valence-electron chi connectivity index (χ3n) is 6.33. The number of ether oxygens (including phenoxy) is 1. The Morgan fingerprint density at radius 3 is 2.39 bits per heavy atom. The minimum Gasteiger partial charge on any atom is -0.464 e. The first-order valence-electron chi connectivity index (χ1n) is 10.7. The molecule has 1 aliphatic rings. The molecule has 0 N–H and O–H groups in total. The first-order chi connectivity index (χ1) is 15.1. The number of carbonyl (C=O) groups is 1. The molecule has 0 saturated heterocycles. The fourth-order valence-electron chi connectivity index (χ4n) is 4.50. The first kappa shape index (κ1) is 19.4. The lowest BCUT2D eigenvalue weighted by atomic mass is 9.98. The molecule has 4 aromatic rings. The standard InChI is InChI=1S/C27H25NO3/c1-18(15-19-11-12-26-20(16-19)13-14-30-26)28(2)27(29)31-17-25-23-9-5-3-7-21(23)22-8-4-6-10-24(22)25/h3-14,16,18,25H,15,17H2,1-2H3/t18-/m0/s1. The van der Waals surface area contributed by atoms with Gasteiger partial charge in [-0.15, -0.1) is 0 Å². The van der Waals surface area contributed by atoms with E-state index in [-0.39, 0.29) is 18.1 Å². The number of likely N-dealkylation sites (N-methyl/N-ethyl adjacent to an activating group) is 1. The summed E-state index contributed by atoms with van der Waals surface area (Å²) < 4.78 is 11.2. The molecule has 0 spiro atoms. The monoisotopic (exact) mass is 411 g/mol. The van der Waals surface area contributed by atoms with Crippen molar-refractivity contribution in [3.05, 3.63) is 95.7 Å². The van der Waals surface area contributed by atoms with Crippen molar-refractivity contribution in [3.8, 4) is 11.1 Å².